The van der Waals surface area contributed by atoms with Crippen LogP contribution in [0.5, 0.6) is 0 Å². The van der Waals surface area contributed by atoms with Crippen molar-refractivity contribution in [2.24, 2.45) is 0 Å². The van der Waals surface area contributed by atoms with Gasteiger partial charge in [0.25, 0.3) is 5.91 Å². The summed E-state index contributed by atoms with van der Waals surface area (Å²) in [6, 6.07) is 7.97. The Morgan fingerprint density at radius 2 is 1.83 bits per heavy atom. The van der Waals surface area contributed by atoms with Crippen molar-refractivity contribution >= 4 is 29.4 Å². The lowest BCUT2D eigenvalue weighted by molar-refractivity contribution is -0.123. The van der Waals surface area contributed by atoms with E-state index in [0.29, 0.717) is 11.5 Å². The summed E-state index contributed by atoms with van der Waals surface area (Å²) in [4.78, 5) is 37.9. The molecule has 1 saturated heterocycles. The third-order valence-electron chi connectivity index (χ3n) is 4.73. The summed E-state index contributed by atoms with van der Waals surface area (Å²) >= 11 is 0. The Hall–Kier alpha value is -3.49. The fourth-order valence-corrected chi connectivity index (χ4v) is 2.96. The summed E-state index contributed by atoms with van der Waals surface area (Å²) in [6.45, 7) is 5.02. The van der Waals surface area contributed by atoms with Gasteiger partial charge in [0.15, 0.2) is 18.1 Å². The number of carbonyl (C=O) groups excluding carboxylic acids is 3. The second-order valence-electron chi connectivity index (χ2n) is 6.80. The lowest BCUT2D eigenvalue weighted by atomic mass is 10.1. The van der Waals surface area contributed by atoms with Gasteiger partial charge in [-0.3, -0.25) is 10.1 Å². The summed E-state index contributed by atoms with van der Waals surface area (Å²) in [6.07, 6.45) is 2.22. The molecule has 3 amide bonds. The number of anilines is 2. The molecule has 2 heterocycles. The largest absolute Gasteiger partial charge is 0.451 e. The molecule has 152 valence electrons. The maximum Gasteiger partial charge on any atom is 0.359 e. The highest BCUT2D eigenvalue weighted by Crippen LogP contribution is 2.18. The standard InChI is InChI=1S/C20H23N5O4/c1-13-6-5-7-15(14(13)2)21-20(28)22-18(26)12-29-19(27)16-8-9-17(24-23-16)25-10-3-4-11-25/h5-9H,3-4,10-12H2,1-2H3,(H2,21,22,26,28). The summed E-state index contributed by atoms with van der Waals surface area (Å²) in [5.74, 6) is -0.821. The van der Waals surface area contributed by atoms with E-state index in [1.165, 1.54) is 6.07 Å². The van der Waals surface area contributed by atoms with E-state index in [9.17, 15) is 14.4 Å². The van der Waals surface area contributed by atoms with Gasteiger partial charge >= 0.3 is 12.0 Å². The second kappa shape index (κ2) is 9.13. The molecule has 29 heavy (non-hydrogen) atoms. The quantitative estimate of drug-likeness (QED) is 0.744. The molecular formula is C20H23N5O4. The molecule has 0 bridgehead atoms. The number of carbonyl (C=O) groups is 3. The molecule has 9 nitrogen and oxygen atoms in total. The Morgan fingerprint density at radius 1 is 1.07 bits per heavy atom. The zero-order valence-corrected chi connectivity index (χ0v) is 16.4. The number of hydrogen-bond donors (Lipinski definition) is 2. The van der Waals surface area contributed by atoms with Crippen LogP contribution in [-0.4, -0.2) is 47.8 Å². The number of rotatable bonds is 5. The van der Waals surface area contributed by atoms with Crippen LogP contribution in [-0.2, 0) is 9.53 Å². The van der Waals surface area contributed by atoms with E-state index in [0.717, 1.165) is 37.1 Å². The van der Waals surface area contributed by atoms with Gasteiger partial charge in [0, 0.05) is 18.8 Å². The second-order valence-corrected chi connectivity index (χ2v) is 6.80. The molecular weight excluding hydrogens is 374 g/mol. The topological polar surface area (TPSA) is 114 Å². The van der Waals surface area contributed by atoms with Gasteiger partial charge in [-0.15, -0.1) is 10.2 Å². The van der Waals surface area contributed by atoms with E-state index in [2.05, 4.69) is 25.7 Å². The van der Waals surface area contributed by atoms with Crippen LogP contribution in [0.25, 0.3) is 0 Å². The molecule has 0 aliphatic carbocycles. The zero-order valence-electron chi connectivity index (χ0n) is 16.4. The number of nitrogens with zero attached hydrogens (tertiary/aromatic N) is 3. The highest BCUT2D eigenvalue weighted by Gasteiger charge is 2.17. The van der Waals surface area contributed by atoms with Crippen molar-refractivity contribution in [2.45, 2.75) is 26.7 Å². The monoisotopic (exact) mass is 397 g/mol. The Labute approximate surface area is 168 Å². The summed E-state index contributed by atoms with van der Waals surface area (Å²) < 4.78 is 4.90. The number of hydrogen-bond acceptors (Lipinski definition) is 7. The van der Waals surface area contributed by atoms with Crippen molar-refractivity contribution < 1.29 is 19.1 Å². The van der Waals surface area contributed by atoms with Crippen LogP contribution < -0.4 is 15.5 Å². The molecule has 2 N–H and O–H groups in total. The molecule has 1 aliphatic heterocycles. The van der Waals surface area contributed by atoms with Crippen molar-refractivity contribution in [3.05, 3.63) is 47.2 Å². The van der Waals surface area contributed by atoms with Gasteiger partial charge in [0.1, 0.15) is 0 Å². The fraction of sp³-hybridized carbons (Fsp3) is 0.350. The van der Waals surface area contributed by atoms with Crippen molar-refractivity contribution in [1.82, 2.24) is 15.5 Å². The van der Waals surface area contributed by atoms with E-state index in [1.54, 1.807) is 18.2 Å². The van der Waals surface area contributed by atoms with Crippen LogP contribution in [0.15, 0.2) is 30.3 Å². The molecule has 1 fully saturated rings. The molecule has 0 saturated carbocycles. The third-order valence-corrected chi connectivity index (χ3v) is 4.73. The number of aromatic nitrogens is 2. The molecule has 0 atom stereocenters. The average molecular weight is 397 g/mol. The first kappa shape index (κ1) is 20.2. The van der Waals surface area contributed by atoms with Crippen molar-refractivity contribution in [2.75, 3.05) is 29.9 Å². The minimum absolute atomic E-state index is 0.000541. The van der Waals surface area contributed by atoms with Crippen LogP contribution >= 0.6 is 0 Å². The molecule has 0 unspecified atom stereocenters. The van der Waals surface area contributed by atoms with Gasteiger partial charge in [-0.2, -0.15) is 0 Å². The van der Waals surface area contributed by atoms with Gasteiger partial charge in [-0.25, -0.2) is 9.59 Å². The Bertz CT molecular complexity index is 908. The molecule has 1 aromatic carbocycles. The molecule has 1 aliphatic rings. The zero-order chi connectivity index (χ0) is 20.8. The number of benzene rings is 1. The first-order chi connectivity index (χ1) is 13.9. The molecule has 1 aromatic heterocycles. The van der Waals surface area contributed by atoms with Gasteiger partial charge in [0.05, 0.1) is 0 Å². The molecule has 0 radical (unpaired) electrons. The van der Waals surface area contributed by atoms with E-state index in [-0.39, 0.29) is 5.69 Å². The Kier molecular flexibility index (Phi) is 6.38. The number of nitrogens with one attached hydrogen (secondary N) is 2. The average Bonchev–Trinajstić information content (AvgIpc) is 3.24. The van der Waals surface area contributed by atoms with Gasteiger partial charge in [-0.05, 0) is 56.0 Å². The lowest BCUT2D eigenvalue weighted by Crippen LogP contribution is -2.37. The first-order valence-corrected chi connectivity index (χ1v) is 9.37. The fourth-order valence-electron chi connectivity index (χ4n) is 2.96. The molecule has 9 heteroatoms. The summed E-state index contributed by atoms with van der Waals surface area (Å²) in [5.41, 5.74) is 2.51. The number of ether oxygens (including phenoxy) is 1. The molecule has 2 aromatic rings. The number of aryl methyl sites for hydroxylation is 1. The van der Waals surface area contributed by atoms with Gasteiger partial charge in [0.2, 0.25) is 0 Å². The van der Waals surface area contributed by atoms with Crippen LogP contribution in [0.4, 0.5) is 16.3 Å². The maximum atomic E-state index is 12.0. The highest BCUT2D eigenvalue weighted by molar-refractivity contribution is 6.02. The summed E-state index contributed by atoms with van der Waals surface area (Å²) in [5, 5.41) is 12.6. The Balaban J connectivity index is 1.46. The van der Waals surface area contributed by atoms with Gasteiger partial charge < -0.3 is 15.0 Å². The molecule has 3 rings (SSSR count). The number of imide groups is 1. The van der Waals surface area contributed by atoms with Crippen LogP contribution in [0.2, 0.25) is 0 Å². The minimum atomic E-state index is -0.782. The minimum Gasteiger partial charge on any atom is -0.451 e. The van der Waals surface area contributed by atoms with Gasteiger partial charge in [-0.1, -0.05) is 12.1 Å². The van der Waals surface area contributed by atoms with Crippen molar-refractivity contribution in [1.29, 1.82) is 0 Å². The number of esters is 1. The van der Waals surface area contributed by atoms with E-state index in [4.69, 9.17) is 4.74 Å². The van der Waals surface area contributed by atoms with Crippen molar-refractivity contribution in [3.63, 3.8) is 0 Å². The summed E-state index contributed by atoms with van der Waals surface area (Å²) in [7, 11) is 0. The van der Waals surface area contributed by atoms with Crippen LogP contribution in [0, 0.1) is 13.8 Å². The van der Waals surface area contributed by atoms with Crippen LogP contribution in [0.3, 0.4) is 0 Å². The van der Waals surface area contributed by atoms with Crippen molar-refractivity contribution in [3.8, 4) is 0 Å². The Morgan fingerprint density at radius 3 is 2.52 bits per heavy atom. The predicted molar refractivity (Wildman–Crippen MR) is 107 cm³/mol. The van der Waals surface area contributed by atoms with Crippen LogP contribution in [0.1, 0.15) is 34.5 Å². The smallest absolute Gasteiger partial charge is 0.359 e. The molecule has 0 spiro atoms. The van der Waals surface area contributed by atoms with E-state index < -0.39 is 24.5 Å². The predicted octanol–water partition coefficient (Wildman–Crippen LogP) is 2.20. The first-order valence-electron chi connectivity index (χ1n) is 9.37. The number of urea groups is 1. The lowest BCUT2D eigenvalue weighted by Gasteiger charge is -2.15. The highest BCUT2D eigenvalue weighted by atomic mass is 16.5. The van der Waals surface area contributed by atoms with E-state index >= 15 is 0 Å². The maximum absolute atomic E-state index is 12.0. The number of amides is 3. The normalized spacial score (nSPS) is 13.1. The SMILES string of the molecule is Cc1cccc(NC(=O)NC(=O)COC(=O)c2ccc(N3CCCC3)nn2)c1C. The van der Waals surface area contributed by atoms with E-state index in [1.807, 2.05) is 19.9 Å². The third kappa shape index (κ3) is 5.28.